The second-order valence-corrected chi connectivity index (χ2v) is 4.05. The van der Waals surface area contributed by atoms with Gasteiger partial charge in [-0.2, -0.15) is 0 Å². The molecule has 1 aromatic rings. The molecule has 0 radical (unpaired) electrons. The maximum absolute atomic E-state index is 11.8. The van der Waals surface area contributed by atoms with Crippen LogP contribution in [0.15, 0.2) is 12.3 Å². The van der Waals surface area contributed by atoms with Crippen molar-refractivity contribution in [2.75, 3.05) is 13.1 Å². The van der Waals surface area contributed by atoms with E-state index in [4.69, 9.17) is 0 Å². The number of hydrogen-bond donors (Lipinski definition) is 3. The van der Waals surface area contributed by atoms with Gasteiger partial charge >= 0.3 is 0 Å². The van der Waals surface area contributed by atoms with Crippen LogP contribution in [0, 0.1) is 10.1 Å². The lowest BCUT2D eigenvalue weighted by Crippen LogP contribution is -2.45. The van der Waals surface area contributed by atoms with Crippen LogP contribution in [-0.2, 0) is 0 Å². The Bertz CT molecular complexity index is 429. The molecule has 0 bridgehead atoms. The van der Waals surface area contributed by atoms with E-state index in [0.717, 1.165) is 25.9 Å². The SMILES string of the molecule is Cl.O=C(N[C@H]1CCCNC1)c1cc([N+](=O)[O-])c[nH]1. The monoisotopic (exact) mass is 274 g/mol. The number of amides is 1. The highest BCUT2D eigenvalue weighted by molar-refractivity contribution is 5.93. The standard InChI is InChI=1S/C10H14N4O3.ClH/c15-10(13-7-2-1-3-11-5-7)9-4-8(6-12-9)14(16)17;/h4,6-7,11-12H,1-3,5H2,(H,13,15);1H/t7-;/m0./s1. The van der Waals surface area contributed by atoms with E-state index in [2.05, 4.69) is 15.6 Å². The van der Waals surface area contributed by atoms with Crippen molar-refractivity contribution in [3.63, 3.8) is 0 Å². The van der Waals surface area contributed by atoms with Crippen molar-refractivity contribution in [2.24, 2.45) is 0 Å². The number of halogens is 1. The molecule has 1 saturated heterocycles. The van der Waals surface area contributed by atoms with Gasteiger partial charge in [0.05, 0.1) is 11.1 Å². The number of carbonyl (C=O) groups excluding carboxylic acids is 1. The summed E-state index contributed by atoms with van der Waals surface area (Å²) >= 11 is 0. The second-order valence-electron chi connectivity index (χ2n) is 4.05. The highest BCUT2D eigenvalue weighted by Gasteiger charge is 2.19. The molecule has 0 spiro atoms. The lowest BCUT2D eigenvalue weighted by Gasteiger charge is -2.23. The van der Waals surface area contributed by atoms with Crippen molar-refractivity contribution in [3.8, 4) is 0 Å². The molecule has 1 fully saturated rings. The molecule has 1 aliphatic rings. The van der Waals surface area contributed by atoms with E-state index in [1.807, 2.05) is 0 Å². The Morgan fingerprint density at radius 3 is 2.89 bits per heavy atom. The van der Waals surface area contributed by atoms with Gasteiger partial charge in [0.25, 0.3) is 11.6 Å². The molecule has 1 aromatic heterocycles. The Balaban J connectivity index is 0.00000162. The number of aromatic amines is 1. The van der Waals surface area contributed by atoms with Crippen LogP contribution in [0.25, 0.3) is 0 Å². The molecule has 1 atom stereocenters. The first-order valence-electron chi connectivity index (χ1n) is 5.51. The number of nitrogens with one attached hydrogen (secondary N) is 3. The van der Waals surface area contributed by atoms with Gasteiger partial charge in [-0.05, 0) is 19.4 Å². The first-order valence-corrected chi connectivity index (χ1v) is 5.51. The third-order valence-electron chi connectivity index (χ3n) is 2.76. The Hall–Kier alpha value is -1.60. The number of rotatable bonds is 3. The summed E-state index contributed by atoms with van der Waals surface area (Å²) in [5.41, 5.74) is 0.124. The fourth-order valence-corrected chi connectivity index (χ4v) is 1.86. The summed E-state index contributed by atoms with van der Waals surface area (Å²) in [6, 6.07) is 1.34. The van der Waals surface area contributed by atoms with Crippen molar-refractivity contribution in [2.45, 2.75) is 18.9 Å². The lowest BCUT2D eigenvalue weighted by molar-refractivity contribution is -0.384. The molecule has 1 amide bonds. The van der Waals surface area contributed by atoms with Crippen molar-refractivity contribution in [1.82, 2.24) is 15.6 Å². The first kappa shape index (κ1) is 14.5. The molecule has 2 rings (SSSR count). The van der Waals surface area contributed by atoms with Crippen LogP contribution < -0.4 is 10.6 Å². The molecule has 18 heavy (non-hydrogen) atoms. The summed E-state index contributed by atoms with van der Waals surface area (Å²) in [7, 11) is 0. The van der Waals surface area contributed by atoms with E-state index in [-0.39, 0.29) is 35.7 Å². The Labute approximate surface area is 110 Å². The van der Waals surface area contributed by atoms with Crippen LogP contribution in [0.5, 0.6) is 0 Å². The molecule has 0 aliphatic carbocycles. The number of piperidine rings is 1. The topological polar surface area (TPSA) is 100 Å². The van der Waals surface area contributed by atoms with E-state index >= 15 is 0 Å². The molecule has 0 unspecified atom stereocenters. The van der Waals surface area contributed by atoms with Crippen LogP contribution in [-0.4, -0.2) is 34.9 Å². The fraction of sp³-hybridized carbons (Fsp3) is 0.500. The Morgan fingerprint density at radius 1 is 1.56 bits per heavy atom. The zero-order valence-corrected chi connectivity index (χ0v) is 10.5. The normalized spacial score (nSPS) is 18.8. The summed E-state index contributed by atoms with van der Waals surface area (Å²) in [5.74, 6) is -0.299. The van der Waals surface area contributed by atoms with Crippen molar-refractivity contribution in [1.29, 1.82) is 0 Å². The molecule has 2 heterocycles. The average Bonchev–Trinajstić information content (AvgIpc) is 2.79. The largest absolute Gasteiger partial charge is 0.351 e. The maximum Gasteiger partial charge on any atom is 0.287 e. The highest BCUT2D eigenvalue weighted by atomic mass is 35.5. The van der Waals surface area contributed by atoms with E-state index in [1.54, 1.807) is 0 Å². The molecule has 1 aliphatic heterocycles. The van der Waals surface area contributed by atoms with E-state index in [0.29, 0.717) is 0 Å². The second kappa shape index (κ2) is 6.36. The molecular formula is C10H15ClN4O3. The number of nitro groups is 1. The minimum Gasteiger partial charge on any atom is -0.351 e. The highest BCUT2D eigenvalue weighted by Crippen LogP contribution is 2.12. The molecule has 7 nitrogen and oxygen atoms in total. The van der Waals surface area contributed by atoms with Crippen molar-refractivity contribution in [3.05, 3.63) is 28.1 Å². The third kappa shape index (κ3) is 3.44. The molecule has 3 N–H and O–H groups in total. The molecule has 8 heteroatoms. The zero-order valence-electron chi connectivity index (χ0n) is 9.64. The van der Waals surface area contributed by atoms with Gasteiger partial charge in [0.15, 0.2) is 0 Å². The van der Waals surface area contributed by atoms with Gasteiger partial charge in [0.2, 0.25) is 0 Å². The zero-order chi connectivity index (χ0) is 12.3. The minimum atomic E-state index is -0.532. The van der Waals surface area contributed by atoms with Gasteiger partial charge in [0.1, 0.15) is 5.69 Å². The lowest BCUT2D eigenvalue weighted by atomic mass is 10.1. The summed E-state index contributed by atoms with van der Waals surface area (Å²) in [6.07, 6.45) is 3.17. The molecule has 0 aromatic carbocycles. The van der Waals surface area contributed by atoms with Gasteiger partial charge in [-0.25, -0.2) is 0 Å². The van der Waals surface area contributed by atoms with Gasteiger partial charge in [0, 0.05) is 18.7 Å². The van der Waals surface area contributed by atoms with Crippen molar-refractivity contribution >= 4 is 24.0 Å². The van der Waals surface area contributed by atoms with Gasteiger partial charge in [-0.15, -0.1) is 12.4 Å². The quantitative estimate of drug-likeness (QED) is 0.561. The smallest absolute Gasteiger partial charge is 0.287 e. The molecule has 0 saturated carbocycles. The number of carbonyl (C=O) groups is 1. The average molecular weight is 275 g/mol. The number of nitrogens with zero attached hydrogens (tertiary/aromatic N) is 1. The summed E-state index contributed by atoms with van der Waals surface area (Å²) < 4.78 is 0. The predicted octanol–water partition coefficient (Wildman–Crippen LogP) is 0.827. The van der Waals surface area contributed by atoms with Gasteiger partial charge < -0.3 is 15.6 Å². The first-order chi connectivity index (χ1) is 8.16. The molecular weight excluding hydrogens is 260 g/mol. The van der Waals surface area contributed by atoms with Crippen LogP contribution in [0.4, 0.5) is 5.69 Å². The molecule has 100 valence electrons. The summed E-state index contributed by atoms with van der Waals surface area (Å²) in [5, 5.41) is 16.5. The maximum atomic E-state index is 11.8. The van der Waals surface area contributed by atoms with Crippen LogP contribution in [0.2, 0.25) is 0 Å². The van der Waals surface area contributed by atoms with E-state index in [9.17, 15) is 14.9 Å². The van der Waals surface area contributed by atoms with Crippen LogP contribution >= 0.6 is 12.4 Å². The van der Waals surface area contributed by atoms with Crippen LogP contribution in [0.3, 0.4) is 0 Å². The summed E-state index contributed by atoms with van der Waals surface area (Å²) in [4.78, 5) is 24.3. The Morgan fingerprint density at radius 2 is 2.33 bits per heavy atom. The van der Waals surface area contributed by atoms with E-state index in [1.165, 1.54) is 12.3 Å². The van der Waals surface area contributed by atoms with Gasteiger partial charge in [-0.3, -0.25) is 14.9 Å². The number of hydrogen-bond acceptors (Lipinski definition) is 4. The van der Waals surface area contributed by atoms with Crippen LogP contribution in [0.1, 0.15) is 23.3 Å². The van der Waals surface area contributed by atoms with Gasteiger partial charge in [-0.1, -0.05) is 0 Å². The Kier molecular flexibility index (Phi) is 5.11. The minimum absolute atomic E-state index is 0. The van der Waals surface area contributed by atoms with Crippen molar-refractivity contribution < 1.29 is 9.72 Å². The number of H-pyrrole nitrogens is 1. The van der Waals surface area contributed by atoms with E-state index < -0.39 is 4.92 Å². The third-order valence-corrected chi connectivity index (χ3v) is 2.76. The predicted molar refractivity (Wildman–Crippen MR) is 68.1 cm³/mol. The number of aromatic nitrogens is 1. The fourth-order valence-electron chi connectivity index (χ4n) is 1.86. The summed E-state index contributed by atoms with van der Waals surface area (Å²) in [6.45, 7) is 1.72.